The summed E-state index contributed by atoms with van der Waals surface area (Å²) in [6.07, 6.45) is 2.11. The predicted molar refractivity (Wildman–Crippen MR) is 114 cm³/mol. The van der Waals surface area contributed by atoms with Crippen LogP contribution in [0.25, 0.3) is 0 Å². The summed E-state index contributed by atoms with van der Waals surface area (Å²) in [7, 11) is 3.14. The van der Waals surface area contributed by atoms with Gasteiger partial charge in [0.05, 0.1) is 32.6 Å². The molecule has 1 unspecified atom stereocenters. The van der Waals surface area contributed by atoms with Crippen molar-refractivity contribution in [3.05, 3.63) is 48.0 Å². The van der Waals surface area contributed by atoms with E-state index in [1.165, 1.54) is 0 Å². The molecule has 30 heavy (non-hydrogen) atoms. The van der Waals surface area contributed by atoms with E-state index in [0.717, 1.165) is 19.4 Å². The zero-order valence-electron chi connectivity index (χ0n) is 17.2. The van der Waals surface area contributed by atoms with Crippen molar-refractivity contribution in [1.29, 1.82) is 0 Å². The van der Waals surface area contributed by atoms with Crippen LogP contribution in [0.1, 0.15) is 23.2 Å². The van der Waals surface area contributed by atoms with Crippen LogP contribution < -0.4 is 25.4 Å². The predicted octanol–water partition coefficient (Wildman–Crippen LogP) is 2.66. The molecular weight excluding hydrogens is 386 g/mol. The third-order valence-corrected chi connectivity index (χ3v) is 4.79. The Labute approximate surface area is 175 Å². The molecule has 3 rings (SSSR count). The molecule has 0 bridgehead atoms. The average molecular weight is 413 g/mol. The lowest BCUT2D eigenvalue weighted by molar-refractivity contribution is -0.114. The van der Waals surface area contributed by atoms with Gasteiger partial charge >= 0.3 is 0 Å². The fourth-order valence-electron chi connectivity index (χ4n) is 3.15. The molecule has 1 aliphatic rings. The number of benzene rings is 2. The molecule has 1 heterocycles. The fourth-order valence-corrected chi connectivity index (χ4v) is 3.15. The Morgan fingerprint density at radius 3 is 2.57 bits per heavy atom. The van der Waals surface area contributed by atoms with E-state index in [0.29, 0.717) is 35.0 Å². The minimum atomic E-state index is -0.226. The number of amides is 2. The molecule has 1 atom stereocenters. The maximum atomic E-state index is 12.3. The minimum absolute atomic E-state index is 0.0488. The Morgan fingerprint density at radius 1 is 1.10 bits per heavy atom. The van der Waals surface area contributed by atoms with E-state index in [2.05, 4.69) is 16.0 Å². The zero-order chi connectivity index (χ0) is 21.3. The monoisotopic (exact) mass is 413 g/mol. The lowest BCUT2D eigenvalue weighted by atomic mass is 10.2. The first-order chi connectivity index (χ1) is 14.6. The Bertz CT molecular complexity index is 864. The van der Waals surface area contributed by atoms with Gasteiger partial charge in [-0.1, -0.05) is 0 Å². The van der Waals surface area contributed by atoms with Gasteiger partial charge < -0.3 is 30.2 Å². The minimum Gasteiger partial charge on any atom is -0.497 e. The Morgan fingerprint density at radius 2 is 1.90 bits per heavy atom. The number of ether oxygens (including phenoxy) is 3. The summed E-state index contributed by atoms with van der Waals surface area (Å²) in [6, 6.07) is 12.1. The topological polar surface area (TPSA) is 97.9 Å². The summed E-state index contributed by atoms with van der Waals surface area (Å²) in [5.74, 6) is 0.889. The van der Waals surface area contributed by atoms with Gasteiger partial charge in [-0.25, -0.2) is 0 Å². The third kappa shape index (κ3) is 5.87. The summed E-state index contributed by atoms with van der Waals surface area (Å²) in [5, 5.41) is 8.71. The number of carbonyl (C=O) groups excluding carboxylic acids is 2. The van der Waals surface area contributed by atoms with Crippen LogP contribution in [0, 0.1) is 0 Å². The number of methoxy groups -OCH3 is 2. The quantitative estimate of drug-likeness (QED) is 0.585. The summed E-state index contributed by atoms with van der Waals surface area (Å²) < 4.78 is 16.0. The number of hydrogen-bond acceptors (Lipinski definition) is 6. The van der Waals surface area contributed by atoms with Crippen LogP contribution in [-0.4, -0.2) is 51.8 Å². The molecule has 3 N–H and O–H groups in total. The van der Waals surface area contributed by atoms with Crippen LogP contribution in [0.3, 0.4) is 0 Å². The highest BCUT2D eigenvalue weighted by atomic mass is 16.5. The van der Waals surface area contributed by atoms with Gasteiger partial charge in [-0.2, -0.15) is 0 Å². The van der Waals surface area contributed by atoms with Crippen molar-refractivity contribution in [3.63, 3.8) is 0 Å². The second-order valence-corrected chi connectivity index (χ2v) is 6.89. The highest BCUT2D eigenvalue weighted by molar-refractivity contribution is 5.96. The van der Waals surface area contributed by atoms with E-state index in [1.54, 1.807) is 56.7 Å². The highest BCUT2D eigenvalue weighted by Crippen LogP contribution is 2.28. The van der Waals surface area contributed by atoms with Crippen molar-refractivity contribution < 1.29 is 23.8 Å². The lowest BCUT2D eigenvalue weighted by Gasteiger charge is -2.13. The van der Waals surface area contributed by atoms with E-state index in [-0.39, 0.29) is 24.5 Å². The van der Waals surface area contributed by atoms with Gasteiger partial charge in [0.2, 0.25) is 5.91 Å². The van der Waals surface area contributed by atoms with Crippen LogP contribution in [0.5, 0.6) is 11.5 Å². The van der Waals surface area contributed by atoms with Crippen LogP contribution in [0.4, 0.5) is 11.4 Å². The molecule has 1 aliphatic heterocycles. The molecule has 0 saturated carbocycles. The van der Waals surface area contributed by atoms with Gasteiger partial charge in [0, 0.05) is 30.5 Å². The second kappa shape index (κ2) is 10.5. The smallest absolute Gasteiger partial charge is 0.251 e. The van der Waals surface area contributed by atoms with Gasteiger partial charge in [0.15, 0.2) is 0 Å². The number of carbonyl (C=O) groups is 2. The summed E-state index contributed by atoms with van der Waals surface area (Å²) >= 11 is 0. The first kappa shape index (κ1) is 21.4. The van der Waals surface area contributed by atoms with Gasteiger partial charge in [-0.05, 0) is 49.2 Å². The summed E-state index contributed by atoms with van der Waals surface area (Å²) in [4.78, 5) is 24.5. The van der Waals surface area contributed by atoms with E-state index < -0.39 is 0 Å². The largest absolute Gasteiger partial charge is 0.497 e. The number of nitrogens with one attached hydrogen (secondary N) is 3. The lowest BCUT2D eigenvalue weighted by Crippen LogP contribution is -2.31. The molecule has 0 spiro atoms. The number of anilines is 2. The van der Waals surface area contributed by atoms with Crippen LogP contribution >= 0.6 is 0 Å². The molecule has 2 aromatic carbocycles. The van der Waals surface area contributed by atoms with E-state index in [9.17, 15) is 9.59 Å². The molecule has 2 aromatic rings. The highest BCUT2D eigenvalue weighted by Gasteiger charge is 2.16. The van der Waals surface area contributed by atoms with Crippen LogP contribution in [0.15, 0.2) is 42.5 Å². The zero-order valence-corrected chi connectivity index (χ0v) is 17.2. The Balaban J connectivity index is 1.49. The van der Waals surface area contributed by atoms with E-state index >= 15 is 0 Å². The summed E-state index contributed by atoms with van der Waals surface area (Å²) in [6.45, 7) is 1.32. The van der Waals surface area contributed by atoms with Crippen molar-refractivity contribution in [2.75, 3.05) is 44.5 Å². The SMILES string of the molecule is COc1ccc(OC)c(NCC(=O)Nc2ccc(C(=O)NCC3CCCO3)cc2)c1. The Hall–Kier alpha value is -3.26. The van der Waals surface area contributed by atoms with Gasteiger partial charge in [0.25, 0.3) is 5.91 Å². The van der Waals surface area contributed by atoms with E-state index in [1.807, 2.05) is 0 Å². The first-order valence-corrected chi connectivity index (χ1v) is 9.84. The van der Waals surface area contributed by atoms with Crippen molar-refractivity contribution >= 4 is 23.2 Å². The van der Waals surface area contributed by atoms with Crippen LogP contribution in [0.2, 0.25) is 0 Å². The normalized spacial score (nSPS) is 15.3. The Kier molecular flexibility index (Phi) is 7.51. The van der Waals surface area contributed by atoms with Crippen molar-refractivity contribution in [3.8, 4) is 11.5 Å². The molecular formula is C22H27N3O5. The maximum absolute atomic E-state index is 12.3. The molecule has 1 fully saturated rings. The van der Waals surface area contributed by atoms with Crippen molar-refractivity contribution in [2.24, 2.45) is 0 Å². The molecule has 1 saturated heterocycles. The second-order valence-electron chi connectivity index (χ2n) is 6.89. The van der Waals surface area contributed by atoms with Gasteiger partial charge in [-0.3, -0.25) is 9.59 Å². The maximum Gasteiger partial charge on any atom is 0.251 e. The number of hydrogen-bond donors (Lipinski definition) is 3. The molecule has 0 aromatic heterocycles. The van der Waals surface area contributed by atoms with Gasteiger partial charge in [-0.15, -0.1) is 0 Å². The molecule has 0 radical (unpaired) electrons. The molecule has 2 amide bonds. The molecule has 160 valence electrons. The fraction of sp³-hybridized carbons (Fsp3) is 0.364. The number of rotatable bonds is 9. The average Bonchev–Trinajstić information content (AvgIpc) is 3.30. The van der Waals surface area contributed by atoms with E-state index in [4.69, 9.17) is 14.2 Å². The van der Waals surface area contributed by atoms with Crippen molar-refractivity contribution in [1.82, 2.24) is 5.32 Å². The standard InChI is InChI=1S/C22H27N3O5/c1-28-17-9-10-20(29-2)19(12-17)23-14-21(26)25-16-7-5-15(6-8-16)22(27)24-13-18-4-3-11-30-18/h5-10,12,18,23H,3-4,11,13-14H2,1-2H3,(H,24,27)(H,25,26). The third-order valence-electron chi connectivity index (χ3n) is 4.79. The van der Waals surface area contributed by atoms with Gasteiger partial charge in [0.1, 0.15) is 11.5 Å². The van der Waals surface area contributed by atoms with Crippen molar-refractivity contribution in [2.45, 2.75) is 18.9 Å². The first-order valence-electron chi connectivity index (χ1n) is 9.84. The molecule has 8 heteroatoms. The molecule has 0 aliphatic carbocycles. The summed E-state index contributed by atoms with van der Waals surface area (Å²) in [5.41, 5.74) is 1.80. The molecule has 8 nitrogen and oxygen atoms in total. The van der Waals surface area contributed by atoms with Crippen LogP contribution in [-0.2, 0) is 9.53 Å².